The van der Waals surface area contributed by atoms with E-state index in [4.69, 9.17) is 9.47 Å². The molecule has 3 aliphatic rings. The minimum Gasteiger partial charge on any atom is -0.504 e. The quantitative estimate of drug-likeness (QED) is 0.183. The van der Waals surface area contributed by atoms with Crippen molar-refractivity contribution in [3.8, 4) is 11.5 Å². The van der Waals surface area contributed by atoms with Crippen LogP contribution in [0.4, 0.5) is 5.69 Å². The summed E-state index contributed by atoms with van der Waals surface area (Å²) in [6.07, 6.45) is 5.73. The number of halogens is 1. The van der Waals surface area contributed by atoms with E-state index in [1.165, 1.54) is 10.5 Å². The predicted molar refractivity (Wildman–Crippen MR) is 165 cm³/mol. The Morgan fingerprint density at radius 1 is 1.12 bits per heavy atom. The summed E-state index contributed by atoms with van der Waals surface area (Å²) >= 11 is 2.10. The van der Waals surface area contributed by atoms with Crippen molar-refractivity contribution in [1.82, 2.24) is 4.98 Å². The molecule has 4 atom stereocenters. The van der Waals surface area contributed by atoms with Crippen LogP contribution in [0.15, 0.2) is 78.0 Å². The third-order valence-corrected chi connectivity index (χ3v) is 9.27. The fourth-order valence-electron chi connectivity index (χ4n) is 6.61. The van der Waals surface area contributed by atoms with Crippen LogP contribution in [-0.4, -0.2) is 41.7 Å². The number of fused-ring (bicyclic) bond motifs is 3. The molecule has 0 radical (unpaired) electrons. The molecule has 3 aromatic rings. The molecule has 2 amide bonds. The lowest BCUT2D eigenvalue weighted by atomic mass is 9.70. The van der Waals surface area contributed by atoms with Crippen LogP contribution in [0.25, 0.3) is 11.6 Å². The molecule has 1 N–H and O–H groups in total. The summed E-state index contributed by atoms with van der Waals surface area (Å²) in [5, 5.41) is 10.3. The first-order valence-electron chi connectivity index (χ1n) is 13.8. The van der Waals surface area contributed by atoms with Crippen LogP contribution in [0.5, 0.6) is 11.5 Å². The second-order valence-electron chi connectivity index (χ2n) is 10.8. The second-order valence-corrected chi connectivity index (χ2v) is 12.0. The minimum atomic E-state index is -0.385. The van der Waals surface area contributed by atoms with Crippen molar-refractivity contribution in [3.63, 3.8) is 0 Å². The van der Waals surface area contributed by atoms with Crippen molar-refractivity contribution in [2.45, 2.75) is 32.3 Å². The van der Waals surface area contributed by atoms with Crippen molar-refractivity contribution < 1.29 is 24.2 Å². The van der Waals surface area contributed by atoms with Gasteiger partial charge in [-0.1, -0.05) is 29.8 Å². The van der Waals surface area contributed by atoms with E-state index in [1.807, 2.05) is 60.7 Å². The van der Waals surface area contributed by atoms with E-state index in [2.05, 4.69) is 40.6 Å². The number of hydrogen-bond donors (Lipinski definition) is 1. The van der Waals surface area contributed by atoms with Crippen LogP contribution in [0.2, 0.25) is 0 Å². The molecule has 6 rings (SSSR count). The fourth-order valence-corrected chi connectivity index (χ4v) is 7.23. The maximum absolute atomic E-state index is 13.6. The number of phenolic OH excluding ortho intramolecular Hbond substituents is 1. The Morgan fingerprint density at radius 2 is 1.90 bits per heavy atom. The van der Waals surface area contributed by atoms with Gasteiger partial charge in [-0.05, 0) is 108 Å². The molecule has 0 unspecified atom stereocenters. The van der Waals surface area contributed by atoms with Crippen LogP contribution in [0.1, 0.15) is 37.4 Å². The number of rotatable bonds is 7. The zero-order valence-electron chi connectivity index (χ0n) is 22.9. The van der Waals surface area contributed by atoms with Crippen molar-refractivity contribution in [2.24, 2.45) is 17.8 Å². The molecule has 210 valence electrons. The number of aromatic nitrogens is 1. The van der Waals surface area contributed by atoms with Crippen LogP contribution in [0, 0.1) is 21.3 Å². The highest BCUT2D eigenvalue weighted by Gasteiger charge is 2.56. The summed E-state index contributed by atoms with van der Waals surface area (Å²) in [6.45, 7) is 2.53. The molecule has 2 saturated heterocycles. The summed E-state index contributed by atoms with van der Waals surface area (Å²) in [7, 11) is 1.54. The van der Waals surface area contributed by atoms with E-state index in [0.717, 1.165) is 28.8 Å². The number of carbonyl (C=O) groups is 2. The molecule has 2 fully saturated rings. The zero-order chi connectivity index (χ0) is 28.7. The Morgan fingerprint density at radius 3 is 2.63 bits per heavy atom. The van der Waals surface area contributed by atoms with Crippen LogP contribution >= 0.6 is 22.6 Å². The number of imide groups is 1. The molecule has 1 aliphatic carbocycles. The van der Waals surface area contributed by atoms with Gasteiger partial charge in [-0.3, -0.25) is 19.5 Å². The highest BCUT2D eigenvalue weighted by atomic mass is 127. The van der Waals surface area contributed by atoms with Crippen LogP contribution < -0.4 is 9.64 Å². The molecular weight excluding hydrogens is 631 g/mol. The van der Waals surface area contributed by atoms with Crippen molar-refractivity contribution in [3.05, 3.63) is 92.8 Å². The number of phenols is 1. The number of allylic oxidation sites excluding steroid dienone is 2. The van der Waals surface area contributed by atoms with Gasteiger partial charge in [-0.25, -0.2) is 0 Å². The molecule has 0 saturated carbocycles. The summed E-state index contributed by atoms with van der Waals surface area (Å²) in [6, 6.07) is 18.8. The van der Waals surface area contributed by atoms with E-state index in [9.17, 15) is 14.7 Å². The monoisotopic (exact) mass is 662 g/mol. The Labute approximate surface area is 253 Å². The van der Waals surface area contributed by atoms with Crippen molar-refractivity contribution in [2.75, 3.05) is 18.6 Å². The smallest absolute Gasteiger partial charge is 0.238 e. The molecule has 3 heterocycles. The standard InChI is InChI=1S/C33H31IN2O5/c1-19-14-23-30(33(39)36(32(23)38)22-8-4-3-5-9-22)24-18-41-27(29(19)24)12-11-21(26-10-6-7-13-35-26)15-20-16-25(34)31(37)28(17-20)40-2/h3-10,13,15-17,23-24,27,30,37H,11-12,14,18H2,1-2H3/b21-15-/t23-,24+,27-,30-/m1/s1. The number of para-hydroxylation sites is 1. The Hall–Kier alpha value is -3.50. The maximum Gasteiger partial charge on any atom is 0.238 e. The van der Waals surface area contributed by atoms with Gasteiger partial charge in [-0.2, -0.15) is 0 Å². The van der Waals surface area contributed by atoms with Gasteiger partial charge in [0.2, 0.25) is 11.8 Å². The lowest BCUT2D eigenvalue weighted by molar-refractivity contribution is -0.122. The first-order chi connectivity index (χ1) is 19.9. The number of carbonyl (C=O) groups excluding carboxylic acids is 2. The van der Waals surface area contributed by atoms with Gasteiger partial charge >= 0.3 is 0 Å². The normalized spacial score (nSPS) is 24.1. The third kappa shape index (κ3) is 5.08. The van der Waals surface area contributed by atoms with Crippen LogP contribution in [-0.2, 0) is 14.3 Å². The van der Waals surface area contributed by atoms with Gasteiger partial charge in [0.15, 0.2) is 11.5 Å². The molecule has 7 nitrogen and oxygen atoms in total. The van der Waals surface area contributed by atoms with Gasteiger partial charge in [-0.15, -0.1) is 0 Å². The van der Waals surface area contributed by atoms with Crippen molar-refractivity contribution >= 4 is 51.7 Å². The van der Waals surface area contributed by atoms with E-state index in [-0.39, 0.29) is 41.4 Å². The number of ether oxygens (including phenoxy) is 2. The number of hydrogen-bond acceptors (Lipinski definition) is 6. The Kier molecular flexibility index (Phi) is 7.70. The number of pyridine rings is 1. The molecule has 0 spiro atoms. The highest BCUT2D eigenvalue weighted by Crippen LogP contribution is 2.50. The van der Waals surface area contributed by atoms with Gasteiger partial charge < -0.3 is 14.6 Å². The highest BCUT2D eigenvalue weighted by molar-refractivity contribution is 14.1. The number of aromatic hydroxyl groups is 1. The Bertz CT molecular complexity index is 1550. The fraction of sp³-hybridized carbons (Fsp3) is 0.303. The van der Waals surface area contributed by atoms with Gasteiger partial charge in [0, 0.05) is 12.1 Å². The van der Waals surface area contributed by atoms with E-state index in [0.29, 0.717) is 34.5 Å². The Balaban J connectivity index is 1.26. The van der Waals surface area contributed by atoms with Gasteiger partial charge in [0.05, 0.1) is 46.6 Å². The summed E-state index contributed by atoms with van der Waals surface area (Å²) in [4.78, 5) is 33.0. The zero-order valence-corrected chi connectivity index (χ0v) is 25.1. The SMILES string of the molecule is COc1cc(/C=C(/CC[C@H]2OC[C@H]3C2=C(C)C[C@H]2C(=O)N(c4ccccc4)C(=O)[C@H]23)c2ccccn2)cc(I)c1O. The number of anilines is 1. The predicted octanol–water partition coefficient (Wildman–Crippen LogP) is 6.26. The van der Waals surface area contributed by atoms with Gasteiger partial charge in [0.1, 0.15) is 0 Å². The largest absolute Gasteiger partial charge is 0.504 e. The first kappa shape index (κ1) is 27.7. The number of methoxy groups -OCH3 is 1. The molecule has 0 bridgehead atoms. The van der Waals surface area contributed by atoms with Crippen LogP contribution in [0.3, 0.4) is 0 Å². The molecule has 2 aliphatic heterocycles. The van der Waals surface area contributed by atoms with E-state index < -0.39 is 0 Å². The number of benzene rings is 2. The summed E-state index contributed by atoms with van der Waals surface area (Å²) < 4.78 is 12.4. The van der Waals surface area contributed by atoms with Gasteiger partial charge in [0.25, 0.3) is 0 Å². The lowest BCUT2D eigenvalue weighted by Gasteiger charge is -2.30. The third-order valence-electron chi connectivity index (χ3n) is 8.45. The molecule has 41 heavy (non-hydrogen) atoms. The maximum atomic E-state index is 13.6. The van der Waals surface area contributed by atoms with Crippen molar-refractivity contribution in [1.29, 1.82) is 0 Å². The topological polar surface area (TPSA) is 89.0 Å². The lowest BCUT2D eigenvalue weighted by Crippen LogP contribution is -2.34. The molecular formula is C33H31IN2O5. The average Bonchev–Trinajstić information content (AvgIpc) is 3.52. The number of amides is 2. The number of nitrogens with zero attached hydrogens (tertiary/aromatic N) is 2. The molecule has 8 heteroatoms. The average molecular weight is 663 g/mol. The second kappa shape index (κ2) is 11.4. The first-order valence-corrected chi connectivity index (χ1v) is 14.9. The summed E-state index contributed by atoms with van der Waals surface area (Å²) in [5.41, 5.74) is 5.79. The molecule has 1 aromatic heterocycles. The molecule has 2 aromatic carbocycles. The summed E-state index contributed by atoms with van der Waals surface area (Å²) in [5.74, 6) is -0.488. The van der Waals surface area contributed by atoms with E-state index >= 15 is 0 Å². The van der Waals surface area contributed by atoms with E-state index in [1.54, 1.807) is 13.3 Å². The minimum absolute atomic E-state index is 0.0888.